The first-order chi connectivity index (χ1) is 20.8. The molecule has 6 N–H and O–H groups in total. The molecule has 14 nitrogen and oxygen atoms in total. The summed E-state index contributed by atoms with van der Waals surface area (Å²) in [4.78, 5) is 67.6. The minimum Gasteiger partial charge on any atom is -0.494 e. The first-order valence-electron chi connectivity index (χ1n) is 13.2. The van der Waals surface area contributed by atoms with Crippen molar-refractivity contribution in [1.29, 1.82) is 0 Å². The van der Waals surface area contributed by atoms with Gasteiger partial charge in [0.05, 0.1) is 14.2 Å². The topological polar surface area (TPSA) is 212 Å². The average molecular weight is 628 g/mol. The van der Waals surface area contributed by atoms with E-state index in [1.165, 1.54) is 14.2 Å². The molecule has 0 saturated carbocycles. The lowest BCUT2D eigenvalue weighted by Gasteiger charge is -2.15. The number of aromatic amines is 2. The number of aromatic hydroxyl groups is 1. The second kappa shape index (κ2) is 14.9. The van der Waals surface area contributed by atoms with Crippen LogP contribution in [-0.2, 0) is 14.4 Å². The van der Waals surface area contributed by atoms with Gasteiger partial charge in [0.1, 0.15) is 16.9 Å². The van der Waals surface area contributed by atoms with Crippen LogP contribution < -0.4 is 31.4 Å². The van der Waals surface area contributed by atoms with Crippen molar-refractivity contribution >= 4 is 40.4 Å². The summed E-state index contributed by atoms with van der Waals surface area (Å²) in [6.07, 6.45) is -0.151. The molecule has 2 unspecified atom stereocenters. The molecule has 1 aliphatic heterocycles. The van der Waals surface area contributed by atoms with Gasteiger partial charge in [0.2, 0.25) is 17.7 Å². The van der Waals surface area contributed by atoms with Crippen LogP contribution in [-0.4, -0.2) is 62.6 Å². The summed E-state index contributed by atoms with van der Waals surface area (Å²) in [5, 5.41) is 22.6. The summed E-state index contributed by atoms with van der Waals surface area (Å²) in [5.74, 6) is -1.09. The lowest BCUT2D eigenvalue weighted by atomic mass is 9.96. The fourth-order valence-electron chi connectivity index (χ4n) is 4.12. The second-order valence-corrected chi connectivity index (χ2v) is 11.0. The molecule has 4 rings (SSSR count). The quantitative estimate of drug-likeness (QED) is 0.204. The SMILES string of the molecule is CC(=O)O.COc1ccc(NC(=O)CC2SC(=NC(c3ccc(C(C)C)cc3)c3c(O)[nH]c(=O)[nH]c3=O)NC2=O)cc1OC. The predicted octanol–water partition coefficient (Wildman–Crippen LogP) is 2.71. The number of methoxy groups -OCH3 is 2. The van der Waals surface area contributed by atoms with Gasteiger partial charge in [0, 0.05) is 25.1 Å². The molecule has 1 saturated heterocycles. The van der Waals surface area contributed by atoms with Gasteiger partial charge in [-0.1, -0.05) is 49.9 Å². The highest BCUT2D eigenvalue weighted by atomic mass is 32.2. The summed E-state index contributed by atoms with van der Waals surface area (Å²) >= 11 is 1.03. The maximum atomic E-state index is 12.7. The molecule has 0 spiro atoms. The summed E-state index contributed by atoms with van der Waals surface area (Å²) < 4.78 is 10.5. The smallest absolute Gasteiger partial charge is 0.328 e. The third-order valence-electron chi connectivity index (χ3n) is 6.21. The number of H-pyrrole nitrogens is 2. The molecule has 0 radical (unpaired) electrons. The van der Waals surface area contributed by atoms with Gasteiger partial charge in [-0.15, -0.1) is 0 Å². The number of nitrogens with zero attached hydrogens (tertiary/aromatic N) is 1. The maximum Gasteiger partial charge on any atom is 0.328 e. The highest BCUT2D eigenvalue weighted by molar-refractivity contribution is 8.15. The number of benzene rings is 2. The van der Waals surface area contributed by atoms with Crippen molar-refractivity contribution in [2.24, 2.45) is 4.99 Å². The number of anilines is 1. The van der Waals surface area contributed by atoms with Gasteiger partial charge in [0.25, 0.3) is 11.5 Å². The Morgan fingerprint density at radius 3 is 2.18 bits per heavy atom. The van der Waals surface area contributed by atoms with Crippen molar-refractivity contribution in [2.45, 2.75) is 44.4 Å². The van der Waals surface area contributed by atoms with E-state index >= 15 is 0 Å². The van der Waals surface area contributed by atoms with Crippen LogP contribution in [0.5, 0.6) is 17.4 Å². The lowest BCUT2D eigenvalue weighted by Crippen LogP contribution is -2.29. The van der Waals surface area contributed by atoms with Crippen molar-refractivity contribution in [3.8, 4) is 17.4 Å². The third kappa shape index (κ3) is 8.73. The lowest BCUT2D eigenvalue weighted by molar-refractivity contribution is -0.134. The number of ether oxygens (including phenoxy) is 2. The second-order valence-electron chi connectivity index (χ2n) is 9.77. The molecular weight excluding hydrogens is 594 g/mol. The van der Waals surface area contributed by atoms with E-state index in [1.54, 1.807) is 30.3 Å². The molecule has 1 aromatic heterocycles. The van der Waals surface area contributed by atoms with Crippen molar-refractivity contribution in [3.63, 3.8) is 0 Å². The van der Waals surface area contributed by atoms with Crippen molar-refractivity contribution in [1.82, 2.24) is 15.3 Å². The fourth-order valence-corrected chi connectivity index (χ4v) is 5.12. The Morgan fingerprint density at radius 1 is 1.00 bits per heavy atom. The van der Waals surface area contributed by atoms with Crippen LogP contribution in [0.2, 0.25) is 0 Å². The van der Waals surface area contributed by atoms with E-state index in [2.05, 4.69) is 25.6 Å². The number of hydrogen-bond acceptors (Lipinski definition) is 10. The molecule has 44 heavy (non-hydrogen) atoms. The fraction of sp³-hybridized carbons (Fsp3) is 0.310. The van der Waals surface area contributed by atoms with Crippen LogP contribution >= 0.6 is 11.8 Å². The number of aliphatic carboxylic acids is 1. The van der Waals surface area contributed by atoms with E-state index in [1.807, 2.05) is 26.0 Å². The van der Waals surface area contributed by atoms with E-state index in [0.717, 1.165) is 24.2 Å². The van der Waals surface area contributed by atoms with E-state index in [-0.39, 0.29) is 23.1 Å². The Bertz CT molecular complexity index is 1660. The summed E-state index contributed by atoms with van der Waals surface area (Å²) in [5.41, 5.74) is 0.209. The first-order valence-corrected chi connectivity index (χ1v) is 14.1. The van der Waals surface area contributed by atoms with E-state index in [0.29, 0.717) is 22.7 Å². The Labute approximate surface area is 255 Å². The van der Waals surface area contributed by atoms with Crippen LogP contribution in [0.25, 0.3) is 0 Å². The normalized spacial score (nSPS) is 15.6. The zero-order valence-electron chi connectivity index (χ0n) is 24.6. The highest BCUT2D eigenvalue weighted by Gasteiger charge is 2.34. The number of nitrogens with one attached hydrogen (secondary N) is 4. The van der Waals surface area contributed by atoms with Crippen LogP contribution in [0.15, 0.2) is 57.0 Å². The van der Waals surface area contributed by atoms with E-state index in [9.17, 15) is 24.3 Å². The highest BCUT2D eigenvalue weighted by Crippen LogP contribution is 2.33. The van der Waals surface area contributed by atoms with Gasteiger partial charge in [-0.2, -0.15) is 0 Å². The molecule has 1 aliphatic rings. The van der Waals surface area contributed by atoms with Gasteiger partial charge >= 0.3 is 5.69 Å². The summed E-state index contributed by atoms with van der Waals surface area (Å²) in [7, 11) is 2.99. The Balaban J connectivity index is 0.00000124. The van der Waals surface area contributed by atoms with Gasteiger partial charge in [-0.25, -0.2) is 9.79 Å². The van der Waals surface area contributed by atoms with Crippen molar-refractivity contribution in [2.75, 3.05) is 19.5 Å². The first kappa shape index (κ1) is 33.5. The van der Waals surface area contributed by atoms with Crippen LogP contribution in [0.3, 0.4) is 0 Å². The number of aliphatic imine (C=N–C) groups is 1. The van der Waals surface area contributed by atoms with E-state index in [4.69, 9.17) is 19.4 Å². The zero-order valence-corrected chi connectivity index (χ0v) is 25.4. The summed E-state index contributed by atoms with van der Waals surface area (Å²) in [6.45, 7) is 5.16. The Morgan fingerprint density at radius 2 is 1.61 bits per heavy atom. The molecule has 234 valence electrons. The number of aromatic nitrogens is 2. The molecule has 2 atom stereocenters. The van der Waals surface area contributed by atoms with Crippen LogP contribution in [0.1, 0.15) is 55.8 Å². The monoisotopic (exact) mass is 627 g/mol. The van der Waals surface area contributed by atoms with Crippen LogP contribution in [0, 0.1) is 0 Å². The number of carbonyl (C=O) groups is 3. The van der Waals surface area contributed by atoms with Gasteiger partial charge < -0.3 is 30.3 Å². The van der Waals surface area contributed by atoms with Crippen molar-refractivity contribution in [3.05, 3.63) is 80.0 Å². The number of carboxylic acids is 1. The van der Waals surface area contributed by atoms with Gasteiger partial charge in [0.15, 0.2) is 16.7 Å². The average Bonchev–Trinajstić information content (AvgIpc) is 3.29. The number of amidine groups is 1. The molecular formula is C29H33N5O9S. The van der Waals surface area contributed by atoms with Gasteiger partial charge in [-0.3, -0.25) is 29.1 Å². The minimum atomic E-state index is -1.05. The van der Waals surface area contributed by atoms with Gasteiger partial charge in [-0.05, 0) is 29.2 Å². The number of thioether (sulfide) groups is 1. The zero-order chi connectivity index (χ0) is 32.6. The maximum absolute atomic E-state index is 12.7. The number of carbonyl (C=O) groups excluding carboxylic acids is 2. The molecule has 2 heterocycles. The molecule has 2 aromatic carbocycles. The predicted molar refractivity (Wildman–Crippen MR) is 165 cm³/mol. The Kier molecular flexibility index (Phi) is 11.3. The number of carboxylic acid groups (broad SMARTS) is 1. The number of rotatable bonds is 9. The summed E-state index contributed by atoms with van der Waals surface area (Å²) in [6, 6.07) is 11.2. The molecule has 0 bridgehead atoms. The minimum absolute atomic E-state index is 0.151. The molecule has 2 amide bonds. The standard InChI is InChI=1S/C27H29N5O7S.C2H4O2/c1-13(2)14-5-7-15(8-6-14)22(21-24(35)30-26(37)31-25(21)36)29-27-32-23(34)19(40-27)12-20(33)28-16-9-10-17(38-3)18(11-16)39-4;1-2(3)4/h5-11,13,19,22H,12H2,1-4H3,(H,28,33)(H,29,32,34)(H3,30,31,35,36,37);1H3,(H,3,4). The number of amides is 2. The van der Waals surface area contributed by atoms with E-state index < -0.39 is 46.2 Å². The Hall–Kier alpha value is -5.05. The molecule has 15 heteroatoms. The van der Waals surface area contributed by atoms with Crippen molar-refractivity contribution < 1.29 is 34.1 Å². The largest absolute Gasteiger partial charge is 0.494 e. The molecule has 3 aromatic rings. The third-order valence-corrected chi connectivity index (χ3v) is 7.31. The molecule has 1 fully saturated rings. The van der Waals surface area contributed by atoms with Crippen LogP contribution in [0.4, 0.5) is 5.69 Å². The molecule has 0 aliphatic carbocycles. The number of hydrogen-bond donors (Lipinski definition) is 6.